The molecule has 6 nitrogen and oxygen atoms in total. The molecule has 0 saturated heterocycles. The van der Waals surface area contributed by atoms with Crippen molar-refractivity contribution in [3.63, 3.8) is 0 Å². The van der Waals surface area contributed by atoms with Crippen LogP contribution in [0.3, 0.4) is 0 Å². The maximum absolute atomic E-state index is 14.2. The van der Waals surface area contributed by atoms with Crippen molar-refractivity contribution in [1.82, 2.24) is 9.97 Å². The highest BCUT2D eigenvalue weighted by Crippen LogP contribution is 2.37. The summed E-state index contributed by atoms with van der Waals surface area (Å²) in [5.74, 6) is 0.942. The van der Waals surface area contributed by atoms with E-state index in [1.807, 2.05) is 43.1 Å². The highest BCUT2D eigenvalue weighted by molar-refractivity contribution is 5.68. The molecule has 0 fully saturated rings. The first-order valence-corrected chi connectivity index (χ1v) is 11.2. The third-order valence-corrected chi connectivity index (χ3v) is 5.99. The number of halogens is 1. The van der Waals surface area contributed by atoms with Crippen LogP contribution in [0, 0.1) is 12.7 Å². The van der Waals surface area contributed by atoms with Crippen molar-refractivity contribution in [2.45, 2.75) is 38.5 Å². The van der Waals surface area contributed by atoms with E-state index in [-0.39, 0.29) is 18.2 Å². The number of hydrogen-bond acceptors (Lipinski definition) is 5. The lowest BCUT2D eigenvalue weighted by atomic mass is 9.98. The molecule has 172 valence electrons. The number of rotatable bonds is 9. The number of hydrogen-bond donors (Lipinski definition) is 1. The Hall–Kier alpha value is -3.48. The summed E-state index contributed by atoms with van der Waals surface area (Å²) in [6, 6.07) is 14.4. The zero-order chi connectivity index (χ0) is 23.4. The second-order valence-corrected chi connectivity index (χ2v) is 8.49. The Morgan fingerprint density at radius 2 is 2.03 bits per heavy atom. The molecule has 0 saturated carbocycles. The molecule has 1 heterocycles. The van der Waals surface area contributed by atoms with Crippen molar-refractivity contribution < 1.29 is 19.0 Å². The molecule has 0 aliphatic heterocycles. The molecule has 1 N–H and O–H groups in total. The molecule has 33 heavy (non-hydrogen) atoms. The third kappa shape index (κ3) is 5.48. The van der Waals surface area contributed by atoms with Gasteiger partial charge in [0.1, 0.15) is 17.4 Å². The summed E-state index contributed by atoms with van der Waals surface area (Å²) in [5, 5.41) is 9.07. The quantitative estimate of drug-likeness (QED) is 0.463. The minimum absolute atomic E-state index is 0.103. The number of aliphatic carboxylic acids is 1. The van der Waals surface area contributed by atoms with Crippen molar-refractivity contribution in [2.75, 3.05) is 25.1 Å². The molecular weight excluding hydrogens is 421 g/mol. The molecule has 0 unspecified atom stereocenters. The van der Waals surface area contributed by atoms with E-state index < -0.39 is 5.97 Å². The Morgan fingerprint density at radius 3 is 2.82 bits per heavy atom. The summed E-state index contributed by atoms with van der Waals surface area (Å²) in [6.45, 7) is 3.14. The van der Waals surface area contributed by atoms with Gasteiger partial charge in [-0.3, -0.25) is 4.79 Å². The van der Waals surface area contributed by atoms with Gasteiger partial charge in [-0.1, -0.05) is 18.2 Å². The van der Waals surface area contributed by atoms with Crippen LogP contribution in [0.1, 0.15) is 42.0 Å². The first-order chi connectivity index (χ1) is 15.9. The number of fused-ring (bicyclic) bond motifs is 1. The van der Waals surface area contributed by atoms with Crippen molar-refractivity contribution in [3.8, 4) is 17.1 Å². The smallest absolute Gasteiger partial charge is 0.303 e. The number of aryl methyl sites for hydroxylation is 2. The molecule has 1 atom stereocenters. The standard InChI is InChI=1S/C26H28FN3O3/c1-17-14-24(29-26(28-17)22-6-3-4-7-23(22)27)30(2)12-5-13-33-20-10-11-21-18(15-20)8-9-19(21)16-25(31)32/h3-4,6-7,10-11,14-15,19H,5,8-9,12-13,16H2,1-2H3,(H,31,32)/t19-/m0/s1. The van der Waals surface area contributed by atoms with E-state index in [2.05, 4.69) is 9.97 Å². The van der Waals surface area contributed by atoms with E-state index in [9.17, 15) is 9.18 Å². The van der Waals surface area contributed by atoms with E-state index in [0.29, 0.717) is 18.0 Å². The lowest BCUT2D eigenvalue weighted by Crippen LogP contribution is -2.22. The minimum atomic E-state index is -0.753. The van der Waals surface area contributed by atoms with Crippen molar-refractivity contribution in [1.29, 1.82) is 0 Å². The van der Waals surface area contributed by atoms with Crippen molar-refractivity contribution >= 4 is 11.8 Å². The molecule has 7 heteroatoms. The van der Waals surface area contributed by atoms with E-state index in [1.165, 1.54) is 11.6 Å². The lowest BCUT2D eigenvalue weighted by molar-refractivity contribution is -0.137. The first-order valence-electron chi connectivity index (χ1n) is 11.2. The largest absolute Gasteiger partial charge is 0.494 e. The minimum Gasteiger partial charge on any atom is -0.494 e. The molecule has 2 aromatic carbocycles. The summed E-state index contributed by atoms with van der Waals surface area (Å²) in [5.41, 5.74) is 3.49. The van der Waals surface area contributed by atoms with Crippen LogP contribution in [0.15, 0.2) is 48.5 Å². The van der Waals surface area contributed by atoms with Crippen molar-refractivity contribution in [2.24, 2.45) is 0 Å². The fourth-order valence-electron chi connectivity index (χ4n) is 4.31. The number of anilines is 1. The average Bonchev–Trinajstić information content (AvgIpc) is 3.17. The van der Waals surface area contributed by atoms with Crippen LogP contribution in [-0.2, 0) is 11.2 Å². The van der Waals surface area contributed by atoms with Gasteiger partial charge < -0.3 is 14.7 Å². The number of aromatic nitrogens is 2. The number of carbonyl (C=O) groups is 1. The topological polar surface area (TPSA) is 75.5 Å². The van der Waals surface area contributed by atoms with Gasteiger partial charge in [0.2, 0.25) is 0 Å². The predicted molar refractivity (Wildman–Crippen MR) is 125 cm³/mol. The summed E-state index contributed by atoms with van der Waals surface area (Å²) in [7, 11) is 1.95. The number of carboxylic acid groups (broad SMARTS) is 1. The Kier molecular flexibility index (Phi) is 6.87. The maximum atomic E-state index is 14.2. The Bertz CT molecular complexity index is 1150. The van der Waals surface area contributed by atoms with E-state index in [1.54, 1.807) is 18.2 Å². The molecule has 4 rings (SSSR count). The normalized spacial score (nSPS) is 14.7. The molecule has 3 aromatic rings. The van der Waals surface area contributed by atoms with Crippen molar-refractivity contribution in [3.05, 3.63) is 71.2 Å². The molecule has 0 amide bonds. The highest BCUT2D eigenvalue weighted by atomic mass is 19.1. The summed E-state index contributed by atoms with van der Waals surface area (Å²) < 4.78 is 20.1. The monoisotopic (exact) mass is 449 g/mol. The van der Waals surface area contributed by atoms with Gasteiger partial charge in [0.15, 0.2) is 5.82 Å². The number of carboxylic acids is 1. The SMILES string of the molecule is Cc1cc(N(C)CCCOc2ccc3c(c2)CC[C@H]3CC(=O)O)nc(-c2ccccc2F)n1. The van der Waals surface area contributed by atoms with Gasteiger partial charge >= 0.3 is 5.97 Å². The Balaban J connectivity index is 1.33. The predicted octanol–water partition coefficient (Wildman–Crippen LogP) is 5.00. The molecule has 0 bridgehead atoms. The second-order valence-electron chi connectivity index (χ2n) is 8.49. The number of nitrogens with zero attached hydrogens (tertiary/aromatic N) is 3. The zero-order valence-electron chi connectivity index (χ0n) is 18.9. The molecule has 1 aliphatic carbocycles. The van der Waals surface area contributed by atoms with Crippen LogP contribution in [0.5, 0.6) is 5.75 Å². The van der Waals surface area contributed by atoms with Gasteiger partial charge in [0.05, 0.1) is 18.6 Å². The van der Waals surface area contributed by atoms with Gasteiger partial charge in [0.25, 0.3) is 0 Å². The fourth-order valence-corrected chi connectivity index (χ4v) is 4.31. The number of benzene rings is 2. The molecule has 0 spiro atoms. The van der Waals surface area contributed by atoms with Crippen LogP contribution in [0.4, 0.5) is 10.2 Å². The highest BCUT2D eigenvalue weighted by Gasteiger charge is 2.24. The maximum Gasteiger partial charge on any atom is 0.303 e. The lowest BCUT2D eigenvalue weighted by Gasteiger charge is -2.19. The fraction of sp³-hybridized carbons (Fsp3) is 0.346. The van der Waals surface area contributed by atoms with Crippen LogP contribution < -0.4 is 9.64 Å². The van der Waals surface area contributed by atoms with E-state index in [4.69, 9.17) is 9.84 Å². The van der Waals surface area contributed by atoms with Crippen LogP contribution in [-0.4, -0.2) is 41.2 Å². The zero-order valence-corrected chi connectivity index (χ0v) is 18.9. The van der Waals surface area contributed by atoms with Gasteiger partial charge in [-0.25, -0.2) is 14.4 Å². The number of ether oxygens (including phenoxy) is 1. The Labute approximate surface area is 193 Å². The molecule has 0 radical (unpaired) electrons. The summed E-state index contributed by atoms with van der Waals surface area (Å²) >= 11 is 0. The Morgan fingerprint density at radius 1 is 1.21 bits per heavy atom. The molecule has 1 aromatic heterocycles. The van der Waals surface area contributed by atoms with E-state index >= 15 is 0 Å². The van der Waals surface area contributed by atoms with Gasteiger partial charge in [-0.2, -0.15) is 0 Å². The van der Waals surface area contributed by atoms with Gasteiger partial charge in [0, 0.05) is 25.4 Å². The molecule has 1 aliphatic rings. The van der Waals surface area contributed by atoms with Gasteiger partial charge in [-0.05, 0) is 67.5 Å². The van der Waals surface area contributed by atoms with Gasteiger partial charge in [-0.15, -0.1) is 0 Å². The van der Waals surface area contributed by atoms with Crippen LogP contribution in [0.2, 0.25) is 0 Å². The summed E-state index contributed by atoms with van der Waals surface area (Å²) in [6.07, 6.45) is 2.74. The first kappa shape index (κ1) is 22.7. The summed E-state index contributed by atoms with van der Waals surface area (Å²) in [4.78, 5) is 22.0. The second kappa shape index (κ2) is 9.98. The third-order valence-electron chi connectivity index (χ3n) is 5.99. The van der Waals surface area contributed by atoms with Crippen LogP contribution in [0.25, 0.3) is 11.4 Å². The van der Waals surface area contributed by atoms with E-state index in [0.717, 1.165) is 48.6 Å². The molecular formula is C26H28FN3O3. The average molecular weight is 450 g/mol. The van der Waals surface area contributed by atoms with Crippen LogP contribution >= 0.6 is 0 Å².